The van der Waals surface area contributed by atoms with Gasteiger partial charge in [0, 0.05) is 25.3 Å². The average molecular weight is 302 g/mol. The van der Waals surface area contributed by atoms with E-state index in [4.69, 9.17) is 10.5 Å². The molecule has 0 aromatic carbocycles. The Balaban J connectivity index is 2.34. The SMILES string of the molecule is CCCn1cc(S(=O)(=O)N2CC(C)OCC2C)c(N)n1. The smallest absolute Gasteiger partial charge is 0.248 e. The van der Waals surface area contributed by atoms with E-state index in [9.17, 15) is 8.42 Å². The van der Waals surface area contributed by atoms with Crippen molar-refractivity contribution in [1.29, 1.82) is 0 Å². The third-order valence-corrected chi connectivity index (χ3v) is 5.34. The minimum Gasteiger partial charge on any atom is -0.381 e. The maximum absolute atomic E-state index is 12.7. The maximum Gasteiger partial charge on any atom is 0.248 e. The number of hydrogen-bond donors (Lipinski definition) is 1. The molecule has 2 atom stereocenters. The van der Waals surface area contributed by atoms with Crippen LogP contribution in [0.2, 0.25) is 0 Å². The van der Waals surface area contributed by atoms with Crippen LogP contribution < -0.4 is 5.73 Å². The predicted octanol–water partition coefficient (Wildman–Crippen LogP) is 0.673. The average Bonchev–Trinajstić information content (AvgIpc) is 2.74. The van der Waals surface area contributed by atoms with Gasteiger partial charge >= 0.3 is 0 Å². The van der Waals surface area contributed by atoms with E-state index in [1.807, 2.05) is 20.8 Å². The van der Waals surface area contributed by atoms with Crippen LogP contribution in [0.3, 0.4) is 0 Å². The summed E-state index contributed by atoms with van der Waals surface area (Å²) in [5.41, 5.74) is 5.78. The van der Waals surface area contributed by atoms with Gasteiger partial charge in [-0.25, -0.2) is 8.42 Å². The molecule has 1 aliphatic heterocycles. The second kappa shape index (κ2) is 5.71. The third kappa shape index (κ3) is 2.82. The lowest BCUT2D eigenvalue weighted by Gasteiger charge is -2.35. The lowest BCUT2D eigenvalue weighted by Crippen LogP contribution is -2.50. The van der Waals surface area contributed by atoms with Gasteiger partial charge in [-0.05, 0) is 20.3 Å². The van der Waals surface area contributed by atoms with Gasteiger partial charge in [0.15, 0.2) is 5.82 Å². The molecule has 0 radical (unpaired) electrons. The molecule has 1 aliphatic rings. The van der Waals surface area contributed by atoms with Crippen molar-refractivity contribution >= 4 is 15.8 Å². The van der Waals surface area contributed by atoms with Crippen LogP contribution in [0.1, 0.15) is 27.2 Å². The van der Waals surface area contributed by atoms with Gasteiger partial charge in [0.2, 0.25) is 10.0 Å². The number of rotatable bonds is 4. The Bertz CT molecular complexity index is 569. The highest BCUT2D eigenvalue weighted by Gasteiger charge is 2.36. The van der Waals surface area contributed by atoms with Gasteiger partial charge < -0.3 is 10.5 Å². The molecule has 2 unspecified atom stereocenters. The van der Waals surface area contributed by atoms with Crippen LogP contribution >= 0.6 is 0 Å². The number of nitrogens with zero attached hydrogens (tertiary/aromatic N) is 3. The second-order valence-corrected chi connectivity index (χ2v) is 7.07. The lowest BCUT2D eigenvalue weighted by molar-refractivity contribution is -0.0170. The maximum atomic E-state index is 12.7. The first-order valence-corrected chi connectivity index (χ1v) is 8.26. The van der Waals surface area contributed by atoms with E-state index in [0.29, 0.717) is 19.7 Å². The van der Waals surface area contributed by atoms with E-state index in [0.717, 1.165) is 6.42 Å². The first-order valence-electron chi connectivity index (χ1n) is 6.82. The van der Waals surface area contributed by atoms with E-state index in [1.165, 1.54) is 10.5 Å². The van der Waals surface area contributed by atoms with Crippen LogP contribution in [-0.2, 0) is 21.3 Å². The molecule has 2 N–H and O–H groups in total. The van der Waals surface area contributed by atoms with Gasteiger partial charge in [0.1, 0.15) is 4.90 Å². The van der Waals surface area contributed by atoms with Crippen LogP contribution in [0.4, 0.5) is 5.82 Å². The van der Waals surface area contributed by atoms with E-state index >= 15 is 0 Å². The normalized spacial score (nSPS) is 24.9. The van der Waals surface area contributed by atoms with Crippen molar-refractivity contribution in [3.05, 3.63) is 6.20 Å². The molecule has 7 nitrogen and oxygen atoms in total. The van der Waals surface area contributed by atoms with Crippen LogP contribution in [0, 0.1) is 0 Å². The van der Waals surface area contributed by atoms with E-state index in [-0.39, 0.29) is 22.9 Å². The molecular formula is C12H22N4O3S. The highest BCUT2D eigenvalue weighted by Crippen LogP contribution is 2.25. The number of ether oxygens (including phenoxy) is 1. The molecule has 2 rings (SSSR count). The fourth-order valence-electron chi connectivity index (χ4n) is 2.29. The molecule has 0 aliphatic carbocycles. The minimum absolute atomic E-state index is 0.0600. The van der Waals surface area contributed by atoms with Crippen LogP contribution in [0.5, 0.6) is 0 Å². The monoisotopic (exact) mass is 302 g/mol. The molecule has 8 heteroatoms. The molecule has 2 heterocycles. The van der Waals surface area contributed by atoms with Crippen molar-refractivity contribution < 1.29 is 13.2 Å². The summed E-state index contributed by atoms with van der Waals surface area (Å²) >= 11 is 0. The van der Waals surface area contributed by atoms with Crippen molar-refractivity contribution in [2.24, 2.45) is 0 Å². The number of nitrogens with two attached hydrogens (primary N) is 1. The predicted molar refractivity (Wildman–Crippen MR) is 75.7 cm³/mol. The molecule has 20 heavy (non-hydrogen) atoms. The van der Waals surface area contributed by atoms with E-state index in [1.54, 1.807) is 4.68 Å². The first-order chi connectivity index (χ1) is 9.36. The number of sulfonamides is 1. The van der Waals surface area contributed by atoms with Crippen LogP contribution in [-0.4, -0.2) is 47.8 Å². The number of morpholine rings is 1. The van der Waals surface area contributed by atoms with Crippen molar-refractivity contribution in [2.45, 2.75) is 50.8 Å². The highest BCUT2D eigenvalue weighted by atomic mass is 32.2. The third-order valence-electron chi connectivity index (χ3n) is 3.34. The minimum atomic E-state index is -3.63. The molecule has 0 saturated carbocycles. The van der Waals surface area contributed by atoms with Crippen LogP contribution in [0.25, 0.3) is 0 Å². The molecule has 114 valence electrons. The zero-order valence-corrected chi connectivity index (χ0v) is 12.9. The quantitative estimate of drug-likeness (QED) is 0.883. The molecule has 0 bridgehead atoms. The molecule has 1 saturated heterocycles. The van der Waals surface area contributed by atoms with Gasteiger partial charge in [0.05, 0.1) is 12.7 Å². The number of aromatic nitrogens is 2. The van der Waals surface area contributed by atoms with Gasteiger partial charge in [-0.2, -0.15) is 9.40 Å². The summed E-state index contributed by atoms with van der Waals surface area (Å²) in [7, 11) is -3.63. The molecule has 1 aromatic rings. The largest absolute Gasteiger partial charge is 0.381 e. The summed E-state index contributed by atoms with van der Waals surface area (Å²) < 4.78 is 33.9. The summed E-state index contributed by atoms with van der Waals surface area (Å²) in [5, 5.41) is 4.06. The Kier molecular flexibility index (Phi) is 4.36. The van der Waals surface area contributed by atoms with Crippen molar-refractivity contribution in [2.75, 3.05) is 18.9 Å². The van der Waals surface area contributed by atoms with Crippen molar-refractivity contribution in [3.8, 4) is 0 Å². The van der Waals surface area contributed by atoms with Gasteiger partial charge in [-0.1, -0.05) is 6.92 Å². The molecule has 0 amide bonds. The van der Waals surface area contributed by atoms with E-state index < -0.39 is 10.0 Å². The van der Waals surface area contributed by atoms with Crippen LogP contribution in [0.15, 0.2) is 11.1 Å². The van der Waals surface area contributed by atoms with Crippen molar-refractivity contribution in [1.82, 2.24) is 14.1 Å². The Labute approximate surface area is 119 Å². The fourth-order valence-corrected chi connectivity index (χ4v) is 4.05. The Morgan fingerprint density at radius 1 is 1.50 bits per heavy atom. The molecule has 0 spiro atoms. The van der Waals surface area contributed by atoms with Crippen molar-refractivity contribution in [3.63, 3.8) is 0 Å². The topological polar surface area (TPSA) is 90.5 Å². The summed E-state index contributed by atoms with van der Waals surface area (Å²) in [6.07, 6.45) is 2.26. The fraction of sp³-hybridized carbons (Fsp3) is 0.750. The second-order valence-electron chi connectivity index (χ2n) is 5.21. The number of hydrogen-bond acceptors (Lipinski definition) is 5. The van der Waals surface area contributed by atoms with Gasteiger partial charge in [0.25, 0.3) is 0 Å². The van der Waals surface area contributed by atoms with E-state index in [2.05, 4.69) is 5.10 Å². The molecule has 1 fully saturated rings. The van der Waals surface area contributed by atoms with Gasteiger partial charge in [-0.3, -0.25) is 4.68 Å². The summed E-state index contributed by atoms with van der Waals surface area (Å²) in [6.45, 7) is 7.06. The number of nitrogen functional groups attached to an aromatic ring is 1. The number of anilines is 1. The van der Waals surface area contributed by atoms with Gasteiger partial charge in [-0.15, -0.1) is 0 Å². The Morgan fingerprint density at radius 3 is 2.85 bits per heavy atom. The highest BCUT2D eigenvalue weighted by molar-refractivity contribution is 7.89. The zero-order chi connectivity index (χ0) is 14.9. The zero-order valence-electron chi connectivity index (χ0n) is 12.1. The molecular weight excluding hydrogens is 280 g/mol. The summed E-state index contributed by atoms with van der Waals surface area (Å²) in [5.74, 6) is 0.0600. The standard InChI is InChI=1S/C12H22N4O3S/c1-4-5-15-7-11(12(13)14-15)20(17,18)16-6-10(3)19-8-9(16)2/h7,9-10H,4-6,8H2,1-3H3,(H2,13,14). The summed E-state index contributed by atoms with van der Waals surface area (Å²) in [4.78, 5) is 0.0897. The molecule has 1 aromatic heterocycles. The Hall–Kier alpha value is -1.12. The number of aryl methyl sites for hydroxylation is 1. The lowest BCUT2D eigenvalue weighted by atomic mass is 10.2. The first kappa shape index (κ1) is 15.3. The summed E-state index contributed by atoms with van der Waals surface area (Å²) in [6, 6.07) is -0.204. The Morgan fingerprint density at radius 2 is 2.20 bits per heavy atom.